The van der Waals surface area contributed by atoms with Gasteiger partial charge in [-0.1, -0.05) is 42.5 Å². The zero-order chi connectivity index (χ0) is 22.1. The summed E-state index contributed by atoms with van der Waals surface area (Å²) in [7, 11) is 0. The first-order valence-electron chi connectivity index (χ1n) is 10.1. The largest absolute Gasteiger partial charge is 0.328 e. The Morgan fingerprint density at radius 2 is 1.26 bits per heavy atom. The second-order valence-corrected chi connectivity index (χ2v) is 7.30. The molecule has 0 aliphatic rings. The smallest absolute Gasteiger partial charge is 0.301 e. The average Bonchev–Trinajstić information content (AvgIpc) is 2.76. The fraction of sp³-hybridized carbons (Fsp3) is 0.217. The topological polar surface area (TPSA) is 110 Å². The van der Waals surface area contributed by atoms with Crippen molar-refractivity contribution < 1.29 is 0 Å². The van der Waals surface area contributed by atoms with E-state index >= 15 is 0 Å². The first-order valence-corrected chi connectivity index (χ1v) is 10.1. The highest BCUT2D eigenvalue weighted by Gasteiger charge is 2.25. The van der Waals surface area contributed by atoms with Crippen LogP contribution in [0.15, 0.2) is 74.0 Å². The third-order valence-corrected chi connectivity index (χ3v) is 5.49. The van der Waals surface area contributed by atoms with Gasteiger partial charge in [0, 0.05) is 42.5 Å². The number of H-pyrrole nitrogens is 2. The van der Waals surface area contributed by atoms with Crippen LogP contribution in [0.5, 0.6) is 0 Å². The Morgan fingerprint density at radius 1 is 0.742 bits per heavy atom. The summed E-state index contributed by atoms with van der Waals surface area (Å²) >= 11 is 0. The van der Waals surface area contributed by atoms with E-state index in [4.69, 9.17) is 0 Å². The molecule has 0 saturated heterocycles. The molecule has 0 aliphatic heterocycles. The minimum absolute atomic E-state index is 0.253. The van der Waals surface area contributed by atoms with E-state index in [-0.39, 0.29) is 11.1 Å². The van der Waals surface area contributed by atoms with Gasteiger partial charge in [-0.15, -0.1) is 0 Å². The maximum atomic E-state index is 12.8. The number of fused-ring (bicyclic) bond motifs is 1. The van der Waals surface area contributed by atoms with Gasteiger partial charge in [0.2, 0.25) is 0 Å². The first-order chi connectivity index (χ1) is 14.9. The Balaban J connectivity index is 2.07. The molecule has 0 atom stereocenters. The Labute approximate surface area is 176 Å². The average molecular weight is 418 g/mol. The number of aromatic nitrogens is 4. The molecule has 2 aromatic heterocycles. The lowest BCUT2D eigenvalue weighted by atomic mass is 9.86. The van der Waals surface area contributed by atoms with Gasteiger partial charge in [0.05, 0.1) is 0 Å². The molecule has 4 rings (SSSR count). The quantitative estimate of drug-likeness (QED) is 0.515. The highest BCUT2D eigenvalue weighted by Crippen LogP contribution is 2.30. The molecule has 4 aromatic rings. The Kier molecular flexibility index (Phi) is 5.29. The van der Waals surface area contributed by atoms with Gasteiger partial charge in [-0.25, -0.2) is 9.59 Å². The lowest BCUT2D eigenvalue weighted by Crippen LogP contribution is -2.36. The van der Waals surface area contributed by atoms with Crippen LogP contribution < -0.4 is 22.5 Å². The Morgan fingerprint density at radius 3 is 1.77 bits per heavy atom. The van der Waals surface area contributed by atoms with Crippen LogP contribution >= 0.6 is 0 Å². The van der Waals surface area contributed by atoms with Gasteiger partial charge in [0.25, 0.3) is 11.1 Å². The van der Waals surface area contributed by atoms with Gasteiger partial charge in [-0.05, 0) is 30.2 Å². The molecular weight excluding hydrogens is 396 g/mol. The van der Waals surface area contributed by atoms with E-state index in [2.05, 4.69) is 9.97 Å². The number of hydrogen-bond donors (Lipinski definition) is 2. The maximum Gasteiger partial charge on any atom is 0.328 e. The van der Waals surface area contributed by atoms with E-state index < -0.39 is 28.4 Å². The minimum atomic E-state index is -0.770. The van der Waals surface area contributed by atoms with E-state index in [0.29, 0.717) is 18.7 Å². The molecule has 0 unspecified atom stereocenters. The molecule has 0 aliphatic carbocycles. The van der Waals surface area contributed by atoms with Gasteiger partial charge >= 0.3 is 11.4 Å². The fourth-order valence-electron chi connectivity index (χ4n) is 3.85. The molecule has 0 spiro atoms. The summed E-state index contributed by atoms with van der Waals surface area (Å²) in [6.07, 6.45) is 2.98. The molecule has 0 amide bonds. The molecule has 0 fully saturated rings. The van der Waals surface area contributed by atoms with Crippen LogP contribution in [-0.2, 0) is 13.1 Å². The number of hydrogen-bond acceptors (Lipinski definition) is 4. The Bertz CT molecular complexity index is 1430. The van der Waals surface area contributed by atoms with Crippen molar-refractivity contribution in [3.05, 3.63) is 113 Å². The summed E-state index contributed by atoms with van der Waals surface area (Å²) in [4.78, 5) is 54.6. The van der Waals surface area contributed by atoms with E-state index in [9.17, 15) is 19.2 Å². The van der Waals surface area contributed by atoms with Crippen LogP contribution in [0.2, 0.25) is 0 Å². The summed E-state index contributed by atoms with van der Waals surface area (Å²) in [6, 6.07) is 13.5. The molecular formula is C23H22N4O4. The summed E-state index contributed by atoms with van der Waals surface area (Å²) in [6.45, 7) is 4.30. The Hall–Kier alpha value is -3.94. The van der Waals surface area contributed by atoms with Crippen molar-refractivity contribution >= 4 is 10.8 Å². The molecule has 158 valence electrons. The van der Waals surface area contributed by atoms with Gasteiger partial charge < -0.3 is 9.13 Å². The van der Waals surface area contributed by atoms with Crippen LogP contribution in [0.4, 0.5) is 0 Å². The highest BCUT2D eigenvalue weighted by atomic mass is 16.2. The van der Waals surface area contributed by atoms with E-state index in [1.165, 1.54) is 21.5 Å². The van der Waals surface area contributed by atoms with Crippen molar-refractivity contribution in [1.82, 2.24) is 19.1 Å². The predicted molar refractivity (Wildman–Crippen MR) is 119 cm³/mol. The summed E-state index contributed by atoms with van der Waals surface area (Å²) in [5.41, 5.74) is -0.950. The van der Waals surface area contributed by atoms with E-state index in [1.54, 1.807) is 13.8 Å². The van der Waals surface area contributed by atoms with Crippen molar-refractivity contribution in [2.24, 2.45) is 0 Å². The lowest BCUT2D eigenvalue weighted by Gasteiger charge is -2.19. The summed E-state index contributed by atoms with van der Waals surface area (Å²) < 4.78 is 2.77. The fourth-order valence-corrected chi connectivity index (χ4v) is 3.85. The number of rotatable bonds is 5. The zero-order valence-electron chi connectivity index (χ0n) is 17.2. The molecule has 8 nitrogen and oxygen atoms in total. The minimum Gasteiger partial charge on any atom is -0.301 e. The molecule has 2 aromatic carbocycles. The third kappa shape index (κ3) is 3.68. The second-order valence-electron chi connectivity index (χ2n) is 7.30. The van der Waals surface area contributed by atoms with Gasteiger partial charge in [0.1, 0.15) is 0 Å². The van der Waals surface area contributed by atoms with Crippen LogP contribution in [0, 0.1) is 0 Å². The van der Waals surface area contributed by atoms with Crippen LogP contribution in [0.3, 0.4) is 0 Å². The highest BCUT2D eigenvalue weighted by molar-refractivity contribution is 5.83. The van der Waals surface area contributed by atoms with E-state index in [0.717, 1.165) is 10.8 Å². The van der Waals surface area contributed by atoms with Crippen LogP contribution in [-0.4, -0.2) is 19.1 Å². The number of nitrogens with zero attached hydrogens (tertiary/aromatic N) is 2. The molecule has 0 bridgehead atoms. The SMILES string of the molecule is CCn1cc(C(c2ccc3ccccc3c2)c2cn(CC)c(=O)[nH]c2=O)c(=O)[nH]c1=O. The number of nitrogens with one attached hydrogen (secondary N) is 2. The monoisotopic (exact) mass is 418 g/mol. The van der Waals surface area contributed by atoms with Crippen LogP contribution in [0.25, 0.3) is 10.8 Å². The van der Waals surface area contributed by atoms with Crippen molar-refractivity contribution in [2.45, 2.75) is 32.9 Å². The van der Waals surface area contributed by atoms with E-state index in [1.807, 2.05) is 42.5 Å². The second kappa shape index (κ2) is 8.06. The number of benzene rings is 2. The molecule has 31 heavy (non-hydrogen) atoms. The van der Waals surface area contributed by atoms with Gasteiger partial charge in [0.15, 0.2) is 0 Å². The molecule has 2 N–H and O–H groups in total. The van der Waals surface area contributed by atoms with Crippen molar-refractivity contribution in [3.63, 3.8) is 0 Å². The normalized spacial score (nSPS) is 11.3. The zero-order valence-corrected chi connectivity index (χ0v) is 17.2. The summed E-state index contributed by atoms with van der Waals surface area (Å²) in [5.74, 6) is -0.770. The third-order valence-electron chi connectivity index (χ3n) is 5.49. The van der Waals surface area contributed by atoms with Gasteiger partial charge in [-0.2, -0.15) is 0 Å². The van der Waals surface area contributed by atoms with Crippen molar-refractivity contribution in [2.75, 3.05) is 0 Å². The van der Waals surface area contributed by atoms with Gasteiger partial charge in [-0.3, -0.25) is 19.6 Å². The maximum absolute atomic E-state index is 12.8. The first kappa shape index (κ1) is 20.3. The molecule has 0 saturated carbocycles. The standard InChI is InChI=1S/C23H22N4O4/c1-3-26-12-17(20(28)24-22(26)30)19(18-13-27(4-2)23(31)25-21(18)29)16-10-9-14-7-5-6-8-15(14)11-16/h5-13,19H,3-4H2,1-2H3,(H,24,28,30)(H,25,29,31). The number of aromatic amines is 2. The lowest BCUT2D eigenvalue weighted by molar-refractivity contribution is 0.662. The van der Waals surface area contributed by atoms with Crippen molar-refractivity contribution in [3.8, 4) is 0 Å². The predicted octanol–water partition coefficient (Wildman–Crippen LogP) is 1.76. The molecule has 8 heteroatoms. The molecule has 2 heterocycles. The van der Waals surface area contributed by atoms with Crippen molar-refractivity contribution in [1.29, 1.82) is 0 Å². The molecule has 0 radical (unpaired) electrons. The summed E-state index contributed by atoms with van der Waals surface area (Å²) in [5, 5.41) is 1.97. The number of aryl methyl sites for hydroxylation is 2. The van der Waals surface area contributed by atoms with Crippen LogP contribution in [0.1, 0.15) is 36.5 Å².